The lowest BCUT2D eigenvalue weighted by molar-refractivity contribution is 0.0949. The molecular formula is C14H17N7O. The summed E-state index contributed by atoms with van der Waals surface area (Å²) >= 11 is 0. The molecule has 0 aliphatic carbocycles. The second kappa shape index (κ2) is 6.35. The molecule has 3 N–H and O–H groups in total. The Bertz CT molecular complexity index is 743. The van der Waals surface area contributed by atoms with E-state index in [2.05, 4.69) is 20.6 Å². The molecule has 0 aliphatic heterocycles. The number of rotatable bonds is 6. The molecule has 0 radical (unpaired) electrons. The van der Waals surface area contributed by atoms with Crippen LogP contribution in [0.1, 0.15) is 16.2 Å². The molecule has 8 nitrogen and oxygen atoms in total. The zero-order valence-electron chi connectivity index (χ0n) is 12.0. The molecular weight excluding hydrogens is 282 g/mol. The van der Waals surface area contributed by atoms with Crippen molar-refractivity contribution < 1.29 is 4.79 Å². The summed E-state index contributed by atoms with van der Waals surface area (Å²) in [7, 11) is 0. The molecule has 3 aromatic rings. The van der Waals surface area contributed by atoms with Gasteiger partial charge in [-0.3, -0.25) is 9.48 Å². The van der Waals surface area contributed by atoms with E-state index in [1.807, 2.05) is 35.0 Å². The first kappa shape index (κ1) is 14.2. The molecule has 0 aromatic carbocycles. The molecule has 0 unspecified atom stereocenters. The molecule has 3 heterocycles. The highest BCUT2D eigenvalue weighted by atomic mass is 16.2. The molecule has 0 bridgehead atoms. The summed E-state index contributed by atoms with van der Waals surface area (Å²) in [5.74, 6) is -0.243. The molecule has 22 heavy (non-hydrogen) atoms. The van der Waals surface area contributed by atoms with Crippen LogP contribution in [0.2, 0.25) is 0 Å². The van der Waals surface area contributed by atoms with Gasteiger partial charge in [-0.15, -0.1) is 5.10 Å². The van der Waals surface area contributed by atoms with Crippen LogP contribution in [0.25, 0.3) is 5.65 Å². The molecule has 3 aromatic heterocycles. The van der Waals surface area contributed by atoms with E-state index in [1.54, 1.807) is 10.9 Å². The molecule has 114 valence electrons. The SMILES string of the molecule is NCCn1cc(C(=O)NCCc2cn3ccccc3n2)nn1. The van der Waals surface area contributed by atoms with Gasteiger partial charge in [0.25, 0.3) is 5.91 Å². The van der Waals surface area contributed by atoms with E-state index >= 15 is 0 Å². The lowest BCUT2D eigenvalue weighted by atomic mass is 10.3. The van der Waals surface area contributed by atoms with Crippen LogP contribution in [0.15, 0.2) is 36.8 Å². The minimum Gasteiger partial charge on any atom is -0.350 e. The first-order chi connectivity index (χ1) is 10.8. The molecule has 1 amide bonds. The number of pyridine rings is 1. The minimum atomic E-state index is -0.243. The smallest absolute Gasteiger partial charge is 0.273 e. The van der Waals surface area contributed by atoms with E-state index < -0.39 is 0 Å². The van der Waals surface area contributed by atoms with E-state index in [1.165, 1.54) is 0 Å². The Morgan fingerprint density at radius 3 is 3.05 bits per heavy atom. The van der Waals surface area contributed by atoms with E-state index in [0.29, 0.717) is 31.7 Å². The summed E-state index contributed by atoms with van der Waals surface area (Å²) < 4.78 is 3.51. The van der Waals surface area contributed by atoms with Crippen LogP contribution in [-0.4, -0.2) is 43.4 Å². The van der Waals surface area contributed by atoms with Gasteiger partial charge in [-0.05, 0) is 12.1 Å². The lowest BCUT2D eigenvalue weighted by Gasteiger charge is -2.00. The Labute approximate surface area is 126 Å². The van der Waals surface area contributed by atoms with E-state index in [9.17, 15) is 4.79 Å². The first-order valence-corrected chi connectivity index (χ1v) is 7.07. The van der Waals surface area contributed by atoms with Gasteiger partial charge in [0.05, 0.1) is 18.4 Å². The van der Waals surface area contributed by atoms with Crippen molar-refractivity contribution in [3.8, 4) is 0 Å². The number of hydrogen-bond acceptors (Lipinski definition) is 5. The van der Waals surface area contributed by atoms with Gasteiger partial charge in [-0.25, -0.2) is 4.98 Å². The Morgan fingerprint density at radius 1 is 1.32 bits per heavy atom. The summed E-state index contributed by atoms with van der Waals surface area (Å²) in [4.78, 5) is 16.4. The number of carbonyl (C=O) groups is 1. The molecule has 0 fully saturated rings. The van der Waals surface area contributed by atoms with Crippen LogP contribution in [0.5, 0.6) is 0 Å². The quantitative estimate of drug-likeness (QED) is 0.659. The summed E-state index contributed by atoms with van der Waals surface area (Å²) in [6.45, 7) is 1.49. The van der Waals surface area contributed by atoms with Gasteiger partial charge in [0.1, 0.15) is 5.65 Å². The second-order valence-electron chi connectivity index (χ2n) is 4.86. The number of nitrogens with zero attached hydrogens (tertiary/aromatic N) is 5. The van der Waals surface area contributed by atoms with Crippen molar-refractivity contribution in [1.29, 1.82) is 0 Å². The van der Waals surface area contributed by atoms with Crippen LogP contribution < -0.4 is 11.1 Å². The second-order valence-corrected chi connectivity index (χ2v) is 4.86. The zero-order valence-corrected chi connectivity index (χ0v) is 12.0. The van der Waals surface area contributed by atoms with Gasteiger partial charge >= 0.3 is 0 Å². The largest absolute Gasteiger partial charge is 0.350 e. The Kier molecular flexibility index (Phi) is 4.10. The summed E-state index contributed by atoms with van der Waals surface area (Å²) in [6, 6.07) is 5.83. The molecule has 0 atom stereocenters. The van der Waals surface area contributed by atoms with Crippen molar-refractivity contribution in [2.45, 2.75) is 13.0 Å². The van der Waals surface area contributed by atoms with Crippen molar-refractivity contribution in [2.75, 3.05) is 13.1 Å². The number of hydrogen-bond donors (Lipinski definition) is 2. The predicted molar refractivity (Wildman–Crippen MR) is 80.3 cm³/mol. The van der Waals surface area contributed by atoms with Crippen molar-refractivity contribution >= 4 is 11.6 Å². The number of carbonyl (C=O) groups excluding carboxylic acids is 1. The van der Waals surface area contributed by atoms with Gasteiger partial charge in [-0.1, -0.05) is 11.3 Å². The first-order valence-electron chi connectivity index (χ1n) is 7.07. The van der Waals surface area contributed by atoms with E-state index in [-0.39, 0.29) is 5.91 Å². The number of nitrogens with one attached hydrogen (secondary N) is 1. The van der Waals surface area contributed by atoms with Crippen LogP contribution in [0.3, 0.4) is 0 Å². The Balaban J connectivity index is 1.54. The van der Waals surface area contributed by atoms with Gasteiger partial charge in [0.15, 0.2) is 5.69 Å². The average Bonchev–Trinajstić information content (AvgIpc) is 3.13. The summed E-state index contributed by atoms with van der Waals surface area (Å²) in [6.07, 6.45) is 6.15. The standard InChI is InChI=1S/C14H17N7O/c15-5-8-21-10-12(18-19-21)14(22)16-6-4-11-9-20-7-2-1-3-13(20)17-11/h1-3,7,9-10H,4-6,8,15H2,(H,16,22). The third kappa shape index (κ3) is 3.12. The molecule has 0 spiro atoms. The fraction of sp³-hybridized carbons (Fsp3) is 0.286. The molecule has 8 heteroatoms. The molecule has 0 saturated heterocycles. The maximum Gasteiger partial charge on any atom is 0.273 e. The number of aromatic nitrogens is 5. The minimum absolute atomic E-state index is 0.243. The van der Waals surface area contributed by atoms with Crippen molar-refractivity contribution in [3.63, 3.8) is 0 Å². The Morgan fingerprint density at radius 2 is 2.23 bits per heavy atom. The van der Waals surface area contributed by atoms with Gasteiger partial charge in [0.2, 0.25) is 0 Å². The topological polar surface area (TPSA) is 103 Å². The van der Waals surface area contributed by atoms with Crippen LogP contribution in [-0.2, 0) is 13.0 Å². The normalized spacial score (nSPS) is 11.0. The average molecular weight is 299 g/mol. The lowest BCUT2D eigenvalue weighted by Crippen LogP contribution is -2.26. The highest BCUT2D eigenvalue weighted by Crippen LogP contribution is 2.04. The Hall–Kier alpha value is -2.74. The maximum absolute atomic E-state index is 11.9. The maximum atomic E-state index is 11.9. The van der Waals surface area contributed by atoms with Crippen LogP contribution in [0, 0.1) is 0 Å². The molecule has 0 saturated carbocycles. The fourth-order valence-electron chi connectivity index (χ4n) is 2.15. The van der Waals surface area contributed by atoms with Gasteiger partial charge < -0.3 is 15.5 Å². The van der Waals surface area contributed by atoms with Crippen molar-refractivity contribution in [2.24, 2.45) is 5.73 Å². The monoisotopic (exact) mass is 299 g/mol. The molecule has 3 rings (SSSR count). The van der Waals surface area contributed by atoms with Crippen molar-refractivity contribution in [3.05, 3.63) is 48.2 Å². The van der Waals surface area contributed by atoms with Crippen LogP contribution in [0.4, 0.5) is 0 Å². The number of amides is 1. The fourth-order valence-corrected chi connectivity index (χ4v) is 2.15. The number of imidazole rings is 1. The van der Waals surface area contributed by atoms with Gasteiger partial charge in [-0.2, -0.15) is 0 Å². The number of nitrogens with two attached hydrogens (primary N) is 1. The van der Waals surface area contributed by atoms with E-state index in [4.69, 9.17) is 5.73 Å². The summed E-state index contributed by atoms with van der Waals surface area (Å²) in [5.41, 5.74) is 7.55. The van der Waals surface area contributed by atoms with E-state index in [0.717, 1.165) is 11.3 Å². The molecule has 0 aliphatic rings. The zero-order chi connectivity index (χ0) is 15.4. The number of fused-ring (bicyclic) bond motifs is 1. The summed E-state index contributed by atoms with van der Waals surface area (Å²) in [5, 5.41) is 10.5. The van der Waals surface area contributed by atoms with Crippen molar-refractivity contribution in [1.82, 2.24) is 29.7 Å². The predicted octanol–water partition coefficient (Wildman–Crippen LogP) is -0.143. The van der Waals surface area contributed by atoms with Crippen LogP contribution >= 0.6 is 0 Å². The van der Waals surface area contributed by atoms with Gasteiger partial charge in [0, 0.05) is 31.9 Å². The highest BCUT2D eigenvalue weighted by molar-refractivity contribution is 5.91. The third-order valence-electron chi connectivity index (χ3n) is 3.21. The third-order valence-corrected chi connectivity index (χ3v) is 3.21. The highest BCUT2D eigenvalue weighted by Gasteiger charge is 2.10.